The van der Waals surface area contributed by atoms with Crippen molar-refractivity contribution in [2.75, 3.05) is 6.61 Å². The van der Waals surface area contributed by atoms with Crippen LogP contribution in [-0.4, -0.2) is 22.9 Å². The highest BCUT2D eigenvalue weighted by Gasteiger charge is 2.10. The summed E-state index contributed by atoms with van der Waals surface area (Å²) in [6.07, 6.45) is -0.354. The van der Waals surface area contributed by atoms with Crippen LogP contribution in [0.15, 0.2) is 18.2 Å². The summed E-state index contributed by atoms with van der Waals surface area (Å²) in [6, 6.07) is 5.67. The molecule has 1 aromatic carbocycles. The van der Waals surface area contributed by atoms with Crippen molar-refractivity contribution in [2.45, 2.75) is 39.4 Å². The summed E-state index contributed by atoms with van der Waals surface area (Å²) in [5, 5.41) is 19.0. The minimum atomic E-state index is -0.561. The molecule has 0 aliphatic heterocycles. The zero-order valence-electron chi connectivity index (χ0n) is 10.1. The minimum Gasteiger partial charge on any atom is -0.490 e. The number of aliphatic hydroxyl groups excluding tert-OH is 2. The van der Waals surface area contributed by atoms with Crippen LogP contribution >= 0.6 is 0 Å². The van der Waals surface area contributed by atoms with E-state index in [1.54, 1.807) is 6.92 Å². The summed E-state index contributed by atoms with van der Waals surface area (Å²) in [6.45, 7) is 5.84. The van der Waals surface area contributed by atoms with Crippen LogP contribution in [0.2, 0.25) is 0 Å². The second-order valence-electron chi connectivity index (χ2n) is 4.09. The Bertz CT molecular complexity index is 334. The van der Waals surface area contributed by atoms with E-state index in [1.807, 2.05) is 32.0 Å². The zero-order valence-corrected chi connectivity index (χ0v) is 10.1. The van der Waals surface area contributed by atoms with Gasteiger partial charge in [-0.2, -0.15) is 0 Å². The van der Waals surface area contributed by atoms with Crippen molar-refractivity contribution in [3.05, 3.63) is 29.3 Å². The maximum atomic E-state index is 9.58. The van der Waals surface area contributed by atoms with Gasteiger partial charge in [-0.1, -0.05) is 19.1 Å². The Balaban J connectivity index is 2.80. The van der Waals surface area contributed by atoms with Crippen LogP contribution in [0.3, 0.4) is 0 Å². The Kier molecular flexibility index (Phi) is 4.77. The van der Waals surface area contributed by atoms with E-state index in [9.17, 15) is 10.2 Å². The van der Waals surface area contributed by atoms with Crippen molar-refractivity contribution >= 4 is 0 Å². The third-order valence-corrected chi connectivity index (χ3v) is 2.52. The standard InChI is InChI=1S/C13H20O3/c1-4-11(15)8-16-13-7-9(2)5-6-12(13)10(3)14/h5-7,10-11,14-15H,4,8H2,1-3H3. The Morgan fingerprint density at radius 2 is 2.00 bits per heavy atom. The van der Waals surface area contributed by atoms with Crippen molar-refractivity contribution in [3.8, 4) is 5.75 Å². The molecule has 0 saturated heterocycles. The molecule has 0 radical (unpaired) electrons. The van der Waals surface area contributed by atoms with Gasteiger partial charge in [0.2, 0.25) is 0 Å². The molecule has 0 aromatic heterocycles. The van der Waals surface area contributed by atoms with E-state index in [0.29, 0.717) is 12.2 Å². The smallest absolute Gasteiger partial charge is 0.125 e. The van der Waals surface area contributed by atoms with E-state index in [2.05, 4.69) is 0 Å². The number of benzene rings is 1. The van der Waals surface area contributed by atoms with Crippen molar-refractivity contribution in [2.24, 2.45) is 0 Å². The molecule has 3 heteroatoms. The third-order valence-electron chi connectivity index (χ3n) is 2.52. The molecule has 0 aliphatic rings. The van der Waals surface area contributed by atoms with Gasteiger partial charge < -0.3 is 14.9 Å². The van der Waals surface area contributed by atoms with Gasteiger partial charge >= 0.3 is 0 Å². The largest absolute Gasteiger partial charge is 0.490 e. The summed E-state index contributed by atoms with van der Waals surface area (Å²) in [5.41, 5.74) is 1.83. The second kappa shape index (κ2) is 5.87. The fourth-order valence-electron chi connectivity index (χ4n) is 1.42. The maximum Gasteiger partial charge on any atom is 0.125 e. The van der Waals surface area contributed by atoms with Gasteiger partial charge in [-0.3, -0.25) is 0 Å². The Hall–Kier alpha value is -1.06. The molecule has 2 atom stereocenters. The molecular weight excluding hydrogens is 204 g/mol. The zero-order chi connectivity index (χ0) is 12.1. The normalized spacial score (nSPS) is 14.6. The lowest BCUT2D eigenvalue weighted by Gasteiger charge is -2.16. The van der Waals surface area contributed by atoms with Crippen LogP contribution in [0.25, 0.3) is 0 Å². The van der Waals surface area contributed by atoms with Gasteiger partial charge in [0.25, 0.3) is 0 Å². The third kappa shape index (κ3) is 3.51. The minimum absolute atomic E-state index is 0.264. The van der Waals surface area contributed by atoms with Gasteiger partial charge in [-0.25, -0.2) is 0 Å². The maximum absolute atomic E-state index is 9.58. The van der Waals surface area contributed by atoms with Gasteiger partial charge in [0, 0.05) is 5.56 Å². The van der Waals surface area contributed by atoms with Crippen LogP contribution in [0.1, 0.15) is 37.5 Å². The quantitative estimate of drug-likeness (QED) is 0.806. The molecule has 0 fully saturated rings. The van der Waals surface area contributed by atoms with Crippen molar-refractivity contribution in [1.29, 1.82) is 0 Å². The lowest BCUT2D eigenvalue weighted by atomic mass is 10.1. The molecule has 90 valence electrons. The topological polar surface area (TPSA) is 49.7 Å². The highest BCUT2D eigenvalue weighted by molar-refractivity contribution is 5.38. The molecule has 0 aliphatic carbocycles. The van der Waals surface area contributed by atoms with Gasteiger partial charge in [-0.15, -0.1) is 0 Å². The summed E-state index contributed by atoms with van der Waals surface area (Å²) in [5.74, 6) is 0.655. The number of hydrogen-bond donors (Lipinski definition) is 2. The van der Waals surface area contributed by atoms with Crippen molar-refractivity contribution in [3.63, 3.8) is 0 Å². The number of aryl methyl sites for hydroxylation is 1. The van der Waals surface area contributed by atoms with Crippen molar-refractivity contribution in [1.82, 2.24) is 0 Å². The number of rotatable bonds is 5. The Morgan fingerprint density at radius 3 is 2.56 bits per heavy atom. The first-order valence-corrected chi connectivity index (χ1v) is 5.64. The molecule has 0 saturated carbocycles. The molecule has 2 unspecified atom stereocenters. The molecule has 0 spiro atoms. The lowest BCUT2D eigenvalue weighted by molar-refractivity contribution is 0.101. The first-order chi connectivity index (χ1) is 7.54. The molecule has 1 rings (SSSR count). The predicted molar refractivity (Wildman–Crippen MR) is 63.6 cm³/mol. The molecule has 0 bridgehead atoms. The molecule has 1 aromatic rings. The first-order valence-electron chi connectivity index (χ1n) is 5.64. The SMILES string of the molecule is CCC(O)COc1cc(C)ccc1C(C)O. The number of hydrogen-bond acceptors (Lipinski definition) is 3. The highest BCUT2D eigenvalue weighted by Crippen LogP contribution is 2.26. The number of aliphatic hydroxyl groups is 2. The fraction of sp³-hybridized carbons (Fsp3) is 0.538. The van der Waals surface area contributed by atoms with E-state index in [0.717, 1.165) is 11.1 Å². The van der Waals surface area contributed by atoms with Gasteiger partial charge in [0.15, 0.2) is 0 Å². The lowest BCUT2D eigenvalue weighted by Crippen LogP contribution is -2.17. The molecule has 0 heterocycles. The monoisotopic (exact) mass is 224 g/mol. The van der Waals surface area contributed by atoms with Gasteiger partial charge in [0.1, 0.15) is 12.4 Å². The second-order valence-corrected chi connectivity index (χ2v) is 4.09. The molecule has 3 nitrogen and oxygen atoms in total. The van der Waals surface area contributed by atoms with Crippen LogP contribution in [-0.2, 0) is 0 Å². The fourth-order valence-corrected chi connectivity index (χ4v) is 1.42. The van der Waals surface area contributed by atoms with E-state index in [4.69, 9.17) is 4.74 Å². The van der Waals surface area contributed by atoms with Gasteiger partial charge in [-0.05, 0) is 31.9 Å². The van der Waals surface area contributed by atoms with Crippen LogP contribution in [0.5, 0.6) is 5.75 Å². The van der Waals surface area contributed by atoms with Gasteiger partial charge in [0.05, 0.1) is 12.2 Å². The summed E-state index contributed by atoms with van der Waals surface area (Å²) in [4.78, 5) is 0. The Labute approximate surface area is 96.7 Å². The molecular formula is C13H20O3. The van der Waals surface area contributed by atoms with Crippen LogP contribution < -0.4 is 4.74 Å². The summed E-state index contributed by atoms with van der Waals surface area (Å²) in [7, 11) is 0. The Morgan fingerprint density at radius 1 is 1.31 bits per heavy atom. The molecule has 2 N–H and O–H groups in total. The predicted octanol–water partition coefficient (Wildman–Crippen LogP) is 2.20. The van der Waals surface area contributed by atoms with E-state index >= 15 is 0 Å². The van der Waals surface area contributed by atoms with Crippen LogP contribution in [0, 0.1) is 6.92 Å². The average molecular weight is 224 g/mol. The first kappa shape index (κ1) is 13.0. The average Bonchev–Trinajstić information content (AvgIpc) is 2.25. The summed E-state index contributed by atoms with van der Waals surface area (Å²) < 4.78 is 5.52. The van der Waals surface area contributed by atoms with Crippen LogP contribution in [0.4, 0.5) is 0 Å². The highest BCUT2D eigenvalue weighted by atomic mass is 16.5. The molecule has 0 amide bonds. The number of ether oxygens (including phenoxy) is 1. The van der Waals surface area contributed by atoms with E-state index < -0.39 is 12.2 Å². The molecule has 16 heavy (non-hydrogen) atoms. The van der Waals surface area contributed by atoms with Crippen molar-refractivity contribution < 1.29 is 14.9 Å². The van der Waals surface area contributed by atoms with E-state index in [1.165, 1.54) is 0 Å². The van der Waals surface area contributed by atoms with E-state index in [-0.39, 0.29) is 6.61 Å². The summed E-state index contributed by atoms with van der Waals surface area (Å²) >= 11 is 0.